The van der Waals surface area contributed by atoms with Gasteiger partial charge >= 0.3 is 0 Å². The van der Waals surface area contributed by atoms with E-state index in [2.05, 4.69) is 13.8 Å². The summed E-state index contributed by atoms with van der Waals surface area (Å²) in [5, 5.41) is 0. The van der Waals surface area contributed by atoms with Gasteiger partial charge in [-0.2, -0.15) is 0 Å². The van der Waals surface area contributed by atoms with E-state index < -0.39 is 0 Å². The minimum atomic E-state index is 0.186. The van der Waals surface area contributed by atoms with Crippen LogP contribution in [0.2, 0.25) is 0 Å². The molecule has 0 N–H and O–H groups in total. The Bertz CT molecular complexity index is 249. The van der Waals surface area contributed by atoms with Gasteiger partial charge in [0.1, 0.15) is 0 Å². The van der Waals surface area contributed by atoms with Crippen molar-refractivity contribution in [2.45, 2.75) is 84.5 Å². The molecule has 3 nitrogen and oxygen atoms in total. The summed E-state index contributed by atoms with van der Waals surface area (Å²) in [7, 11) is 0. The van der Waals surface area contributed by atoms with Crippen LogP contribution in [0.4, 0.5) is 0 Å². The molecule has 0 rings (SSSR count). The van der Waals surface area contributed by atoms with Gasteiger partial charge in [-0.15, -0.1) is 0 Å². The van der Waals surface area contributed by atoms with E-state index in [9.17, 15) is 4.79 Å². The number of unbranched alkanes of at least 4 members (excludes halogenated alkanes) is 9. The monoisotopic (exact) mass is 298 g/mol. The standard InChI is InChI=1S/C18H34O3/c1-3-5-7-8-9-10-11-12-14-18(16-19)21-17-20-15-13-6-4-2/h14,16H,3-13,15,17H2,1-2H3/b18-14+. The van der Waals surface area contributed by atoms with Gasteiger partial charge in [-0.3, -0.25) is 4.79 Å². The maximum atomic E-state index is 10.9. The fourth-order valence-electron chi connectivity index (χ4n) is 2.11. The number of rotatable bonds is 16. The molecule has 0 atom stereocenters. The Hall–Kier alpha value is -0.830. The van der Waals surface area contributed by atoms with E-state index in [4.69, 9.17) is 9.47 Å². The second kappa shape index (κ2) is 17.2. The first-order valence-electron chi connectivity index (χ1n) is 8.71. The topological polar surface area (TPSA) is 35.5 Å². The van der Waals surface area contributed by atoms with Crippen LogP contribution in [0.15, 0.2) is 11.8 Å². The molecule has 0 radical (unpaired) electrons. The van der Waals surface area contributed by atoms with E-state index in [1.807, 2.05) is 6.08 Å². The smallest absolute Gasteiger partial charge is 0.189 e. The molecule has 0 bridgehead atoms. The summed E-state index contributed by atoms with van der Waals surface area (Å²) in [5.74, 6) is 0.413. The SMILES string of the molecule is CCCCCCCCC/C=C(\C=O)OCOCCCCC. The molecule has 0 aromatic rings. The van der Waals surface area contributed by atoms with Crippen molar-refractivity contribution >= 4 is 6.29 Å². The van der Waals surface area contributed by atoms with Crippen LogP contribution in [0.5, 0.6) is 0 Å². The average Bonchev–Trinajstić information content (AvgIpc) is 2.51. The van der Waals surface area contributed by atoms with Crippen LogP contribution in [0, 0.1) is 0 Å². The summed E-state index contributed by atoms with van der Waals surface area (Å²) in [5.41, 5.74) is 0. The number of allylic oxidation sites excluding steroid dienone is 2. The van der Waals surface area contributed by atoms with Gasteiger partial charge in [-0.25, -0.2) is 0 Å². The molecule has 0 fully saturated rings. The van der Waals surface area contributed by atoms with Crippen molar-refractivity contribution in [1.29, 1.82) is 0 Å². The molecule has 0 aromatic carbocycles. The van der Waals surface area contributed by atoms with Gasteiger partial charge in [0.2, 0.25) is 0 Å². The fraction of sp³-hybridized carbons (Fsp3) is 0.833. The van der Waals surface area contributed by atoms with Crippen molar-refractivity contribution in [3.63, 3.8) is 0 Å². The van der Waals surface area contributed by atoms with Crippen molar-refractivity contribution in [1.82, 2.24) is 0 Å². The van der Waals surface area contributed by atoms with Gasteiger partial charge in [0.15, 0.2) is 18.8 Å². The molecule has 0 unspecified atom stereocenters. The third kappa shape index (κ3) is 15.4. The lowest BCUT2D eigenvalue weighted by Crippen LogP contribution is -2.02. The Balaban J connectivity index is 3.46. The number of aldehydes is 1. The largest absolute Gasteiger partial charge is 0.464 e. The molecule has 0 heterocycles. The first kappa shape index (κ1) is 20.2. The van der Waals surface area contributed by atoms with Crippen LogP contribution in [-0.2, 0) is 14.3 Å². The molecule has 124 valence electrons. The first-order valence-corrected chi connectivity index (χ1v) is 8.71. The highest BCUT2D eigenvalue weighted by Gasteiger charge is 1.97. The quantitative estimate of drug-likeness (QED) is 0.126. The van der Waals surface area contributed by atoms with Crippen LogP contribution in [0.1, 0.15) is 84.5 Å². The zero-order valence-corrected chi connectivity index (χ0v) is 14.1. The lowest BCUT2D eigenvalue weighted by atomic mass is 10.1. The zero-order valence-electron chi connectivity index (χ0n) is 14.1. The van der Waals surface area contributed by atoms with E-state index in [-0.39, 0.29) is 6.79 Å². The van der Waals surface area contributed by atoms with Gasteiger partial charge in [0, 0.05) is 0 Å². The molecule has 3 heteroatoms. The Morgan fingerprint density at radius 1 is 0.857 bits per heavy atom. The number of carbonyl (C=O) groups is 1. The van der Waals surface area contributed by atoms with Crippen molar-refractivity contribution in [2.24, 2.45) is 0 Å². The highest BCUT2D eigenvalue weighted by Crippen LogP contribution is 2.09. The molecule has 0 aliphatic rings. The number of ether oxygens (including phenoxy) is 2. The molecule has 0 saturated carbocycles. The Morgan fingerprint density at radius 3 is 2.14 bits per heavy atom. The lowest BCUT2D eigenvalue weighted by Gasteiger charge is -2.06. The molecular formula is C18H34O3. The fourth-order valence-corrected chi connectivity index (χ4v) is 2.11. The Labute approximate surface area is 131 Å². The van der Waals surface area contributed by atoms with Crippen LogP contribution >= 0.6 is 0 Å². The molecule has 0 aromatic heterocycles. The average molecular weight is 298 g/mol. The van der Waals surface area contributed by atoms with E-state index in [0.717, 1.165) is 25.5 Å². The minimum Gasteiger partial charge on any atom is -0.464 e. The van der Waals surface area contributed by atoms with Gasteiger partial charge < -0.3 is 9.47 Å². The van der Waals surface area contributed by atoms with Crippen molar-refractivity contribution in [3.05, 3.63) is 11.8 Å². The molecule has 0 saturated heterocycles. The van der Waals surface area contributed by atoms with Crippen LogP contribution in [0.25, 0.3) is 0 Å². The van der Waals surface area contributed by atoms with Crippen molar-refractivity contribution in [2.75, 3.05) is 13.4 Å². The van der Waals surface area contributed by atoms with E-state index in [0.29, 0.717) is 12.4 Å². The summed E-state index contributed by atoms with van der Waals surface area (Å²) in [6.45, 7) is 5.29. The molecule has 0 aliphatic carbocycles. The third-order valence-electron chi connectivity index (χ3n) is 3.47. The van der Waals surface area contributed by atoms with Crippen molar-refractivity contribution in [3.8, 4) is 0 Å². The lowest BCUT2D eigenvalue weighted by molar-refractivity contribution is -0.111. The summed E-state index contributed by atoms with van der Waals surface area (Å²) in [6.07, 6.45) is 16.0. The molecule has 0 spiro atoms. The van der Waals surface area contributed by atoms with Crippen LogP contribution in [0.3, 0.4) is 0 Å². The van der Waals surface area contributed by atoms with Crippen molar-refractivity contribution < 1.29 is 14.3 Å². The highest BCUT2D eigenvalue weighted by molar-refractivity contribution is 5.69. The summed E-state index contributed by atoms with van der Waals surface area (Å²) < 4.78 is 10.6. The van der Waals surface area contributed by atoms with E-state index in [1.165, 1.54) is 51.4 Å². The third-order valence-corrected chi connectivity index (χ3v) is 3.47. The number of hydrogen-bond donors (Lipinski definition) is 0. The Morgan fingerprint density at radius 2 is 1.48 bits per heavy atom. The normalized spacial score (nSPS) is 11.6. The summed E-state index contributed by atoms with van der Waals surface area (Å²) in [4.78, 5) is 10.9. The molecule has 0 aliphatic heterocycles. The first-order chi connectivity index (χ1) is 10.3. The summed E-state index contributed by atoms with van der Waals surface area (Å²) >= 11 is 0. The predicted octanol–water partition coefficient (Wildman–Crippen LogP) is 5.39. The molecule has 21 heavy (non-hydrogen) atoms. The van der Waals surface area contributed by atoms with E-state index in [1.54, 1.807) is 0 Å². The van der Waals surface area contributed by atoms with E-state index >= 15 is 0 Å². The van der Waals surface area contributed by atoms with Crippen LogP contribution < -0.4 is 0 Å². The number of carbonyl (C=O) groups excluding carboxylic acids is 1. The molecular weight excluding hydrogens is 264 g/mol. The van der Waals surface area contributed by atoms with Gasteiger partial charge in [0.05, 0.1) is 6.61 Å². The van der Waals surface area contributed by atoms with Crippen LogP contribution in [-0.4, -0.2) is 19.7 Å². The predicted molar refractivity (Wildman–Crippen MR) is 88.2 cm³/mol. The maximum Gasteiger partial charge on any atom is 0.189 e. The Kier molecular flexibility index (Phi) is 16.5. The second-order valence-electron chi connectivity index (χ2n) is 5.51. The summed E-state index contributed by atoms with van der Waals surface area (Å²) in [6, 6.07) is 0. The van der Waals surface area contributed by atoms with Gasteiger partial charge in [-0.1, -0.05) is 65.2 Å². The molecule has 0 amide bonds. The van der Waals surface area contributed by atoms with Gasteiger partial charge in [-0.05, 0) is 25.3 Å². The highest BCUT2D eigenvalue weighted by atomic mass is 16.7. The van der Waals surface area contributed by atoms with Gasteiger partial charge in [0.25, 0.3) is 0 Å². The maximum absolute atomic E-state index is 10.9. The second-order valence-corrected chi connectivity index (χ2v) is 5.51. The zero-order chi connectivity index (χ0) is 15.6. The minimum absolute atomic E-state index is 0.186. The number of hydrogen-bond acceptors (Lipinski definition) is 3.